The zero-order valence-corrected chi connectivity index (χ0v) is 16.0. The Morgan fingerprint density at radius 2 is 2.04 bits per heavy atom. The minimum atomic E-state index is -0.997. The minimum absolute atomic E-state index is 0.00768. The first-order valence-corrected chi connectivity index (χ1v) is 8.79. The Bertz CT molecular complexity index is 808. The van der Waals surface area contributed by atoms with Gasteiger partial charge in [0.05, 0.1) is 30.8 Å². The number of Topliss-reactive ketones (excluding diaryl/α,β-unsaturated/α-hetero) is 2. The predicted octanol–water partition coefficient (Wildman–Crippen LogP) is 0.0588. The molecule has 1 aliphatic carbocycles. The highest BCUT2D eigenvalue weighted by Crippen LogP contribution is 2.60. The number of piperazine rings is 1. The molecule has 4 aliphatic rings. The summed E-state index contributed by atoms with van der Waals surface area (Å²) in [6.07, 6.45) is -0.953. The van der Waals surface area contributed by atoms with Crippen LogP contribution in [-0.4, -0.2) is 71.7 Å². The van der Waals surface area contributed by atoms with Gasteiger partial charge in [0, 0.05) is 40.9 Å². The van der Waals surface area contributed by atoms with Gasteiger partial charge in [0.25, 0.3) is 0 Å². The first kappa shape index (κ1) is 17.5. The van der Waals surface area contributed by atoms with E-state index < -0.39 is 17.7 Å². The molecular formula is C16H18BrN3O6. The van der Waals surface area contributed by atoms with E-state index in [2.05, 4.69) is 16.1 Å². The Balaban J connectivity index is 1.85. The standard InChI is InChI=1S/C16H18BrN3O6/c1-6-11(21)10-9(12(22)13(6)24-2)7(5-26-15(18)23)16(25-3)14-8(20(14)17)4-19(10)16/h7-8,14H,4-5H2,1-3H3,(H2,18,23)/t7-,8+,14+,16-,20?/m1/s1. The van der Waals surface area contributed by atoms with Crippen LogP contribution in [-0.2, 0) is 23.8 Å². The molecule has 0 radical (unpaired) electrons. The molecule has 140 valence electrons. The van der Waals surface area contributed by atoms with Crippen LogP contribution in [0.5, 0.6) is 0 Å². The molecule has 5 atom stereocenters. The second-order valence-electron chi connectivity index (χ2n) is 6.68. The average Bonchev–Trinajstić information content (AvgIpc) is 3.00. The molecule has 9 nitrogen and oxygen atoms in total. The summed E-state index contributed by atoms with van der Waals surface area (Å²) in [5.41, 5.74) is 4.96. The van der Waals surface area contributed by atoms with Crippen LogP contribution in [0.3, 0.4) is 0 Å². The van der Waals surface area contributed by atoms with Crippen LogP contribution in [0.2, 0.25) is 0 Å². The summed E-state index contributed by atoms with van der Waals surface area (Å²) in [6, 6.07) is 0.0440. The molecule has 0 aromatic rings. The van der Waals surface area contributed by atoms with Gasteiger partial charge in [-0.05, 0) is 6.92 Å². The van der Waals surface area contributed by atoms with Gasteiger partial charge in [-0.2, -0.15) is 0 Å². The van der Waals surface area contributed by atoms with Crippen LogP contribution < -0.4 is 5.73 Å². The SMILES string of the molecule is COC1=C(C)C(=O)C2=C(C1=O)[C@@H](COC(N)=O)[C@@]1(OC)[C@@H]3[C@H](CN21)N3Br. The summed E-state index contributed by atoms with van der Waals surface area (Å²) in [5, 5.41) is 0. The molecular weight excluding hydrogens is 410 g/mol. The van der Waals surface area contributed by atoms with Crippen LogP contribution in [0, 0.1) is 5.92 Å². The topological polar surface area (TPSA) is 111 Å². The van der Waals surface area contributed by atoms with Gasteiger partial charge < -0.3 is 24.8 Å². The highest BCUT2D eigenvalue weighted by atomic mass is 79.9. The number of amides is 1. The molecule has 2 fully saturated rings. The largest absolute Gasteiger partial charge is 0.492 e. The number of carbonyl (C=O) groups is 3. The first-order chi connectivity index (χ1) is 12.3. The van der Waals surface area contributed by atoms with Gasteiger partial charge in [-0.1, -0.05) is 0 Å². The second-order valence-corrected chi connectivity index (χ2v) is 7.50. The molecule has 4 rings (SSSR count). The summed E-state index contributed by atoms with van der Waals surface area (Å²) >= 11 is 3.48. The lowest BCUT2D eigenvalue weighted by atomic mass is 9.83. The number of allylic oxidation sites excluding steroid dienone is 2. The molecule has 0 aromatic heterocycles. The molecule has 10 heteroatoms. The number of primary amides is 1. The van der Waals surface area contributed by atoms with E-state index in [1.165, 1.54) is 14.2 Å². The van der Waals surface area contributed by atoms with E-state index in [1.807, 2.05) is 8.83 Å². The highest BCUT2D eigenvalue weighted by molar-refractivity contribution is 9.07. The van der Waals surface area contributed by atoms with Gasteiger partial charge in [0.1, 0.15) is 6.61 Å². The van der Waals surface area contributed by atoms with E-state index in [0.717, 1.165) is 0 Å². The Morgan fingerprint density at radius 3 is 2.62 bits per heavy atom. The average molecular weight is 428 g/mol. The molecule has 1 unspecified atom stereocenters. The number of halogens is 1. The maximum atomic E-state index is 13.1. The fourth-order valence-corrected chi connectivity index (χ4v) is 5.43. The van der Waals surface area contributed by atoms with Crippen LogP contribution in [0.15, 0.2) is 22.6 Å². The zero-order valence-electron chi connectivity index (χ0n) is 14.4. The van der Waals surface area contributed by atoms with Crippen molar-refractivity contribution in [3.05, 3.63) is 22.6 Å². The zero-order chi connectivity index (χ0) is 19.0. The summed E-state index contributed by atoms with van der Waals surface area (Å²) in [4.78, 5) is 39.1. The normalized spacial score (nSPS) is 37.6. The number of fused-ring (bicyclic) bond motifs is 4. The van der Waals surface area contributed by atoms with Crippen LogP contribution in [0.4, 0.5) is 4.79 Å². The Morgan fingerprint density at radius 1 is 1.35 bits per heavy atom. The number of ether oxygens (including phenoxy) is 3. The lowest BCUT2D eigenvalue weighted by molar-refractivity contribution is -0.141. The number of nitrogens with two attached hydrogens (primary N) is 1. The van der Waals surface area contributed by atoms with Gasteiger partial charge in [0.15, 0.2) is 11.5 Å². The summed E-state index contributed by atoms with van der Waals surface area (Å²) in [7, 11) is 2.88. The lowest BCUT2D eigenvalue weighted by Crippen LogP contribution is -2.55. The molecule has 1 amide bonds. The van der Waals surface area contributed by atoms with Crippen molar-refractivity contribution in [1.82, 2.24) is 8.83 Å². The van der Waals surface area contributed by atoms with Crippen LogP contribution in [0.25, 0.3) is 0 Å². The second kappa shape index (κ2) is 5.54. The molecule has 2 saturated heterocycles. The van der Waals surface area contributed by atoms with E-state index >= 15 is 0 Å². The Kier molecular flexibility index (Phi) is 3.73. The van der Waals surface area contributed by atoms with E-state index in [-0.39, 0.29) is 47.2 Å². The highest BCUT2D eigenvalue weighted by Gasteiger charge is 2.76. The molecule has 3 aliphatic heterocycles. The van der Waals surface area contributed by atoms with Gasteiger partial charge in [-0.3, -0.25) is 9.59 Å². The van der Waals surface area contributed by atoms with Crippen molar-refractivity contribution in [3.8, 4) is 0 Å². The number of carbonyl (C=O) groups excluding carboxylic acids is 3. The maximum Gasteiger partial charge on any atom is 0.404 e. The lowest BCUT2D eigenvalue weighted by Gasteiger charge is -2.40. The van der Waals surface area contributed by atoms with Gasteiger partial charge >= 0.3 is 6.09 Å². The van der Waals surface area contributed by atoms with Crippen molar-refractivity contribution in [1.29, 1.82) is 0 Å². The number of rotatable bonds is 4. The van der Waals surface area contributed by atoms with E-state index in [1.54, 1.807) is 6.92 Å². The van der Waals surface area contributed by atoms with Crippen LogP contribution in [0.1, 0.15) is 6.92 Å². The molecule has 0 saturated carbocycles. The Labute approximate surface area is 158 Å². The summed E-state index contributed by atoms with van der Waals surface area (Å²) < 4.78 is 18.1. The van der Waals surface area contributed by atoms with E-state index in [9.17, 15) is 14.4 Å². The fraction of sp³-hybridized carbons (Fsp3) is 0.562. The fourth-order valence-electron chi connectivity index (χ4n) is 4.62. The maximum absolute atomic E-state index is 13.1. The third-order valence-electron chi connectivity index (χ3n) is 5.72. The van der Waals surface area contributed by atoms with E-state index in [4.69, 9.17) is 19.9 Å². The van der Waals surface area contributed by atoms with Gasteiger partial charge in [-0.25, -0.2) is 8.72 Å². The van der Waals surface area contributed by atoms with Crippen molar-refractivity contribution in [2.75, 3.05) is 27.4 Å². The summed E-state index contributed by atoms with van der Waals surface area (Å²) in [5.74, 6) is -1.32. The molecule has 0 bridgehead atoms. The number of hydrogen-bond donors (Lipinski definition) is 1. The van der Waals surface area contributed by atoms with Gasteiger partial charge in [-0.15, -0.1) is 0 Å². The number of ketones is 2. The quantitative estimate of drug-likeness (QED) is 0.380. The van der Waals surface area contributed by atoms with Crippen molar-refractivity contribution in [3.63, 3.8) is 0 Å². The monoisotopic (exact) mass is 427 g/mol. The molecule has 0 spiro atoms. The number of hydrogen-bond acceptors (Lipinski definition) is 8. The third-order valence-corrected chi connectivity index (χ3v) is 6.68. The molecule has 3 heterocycles. The predicted molar refractivity (Wildman–Crippen MR) is 90.6 cm³/mol. The van der Waals surface area contributed by atoms with Gasteiger partial charge in [0.2, 0.25) is 11.6 Å². The smallest absolute Gasteiger partial charge is 0.404 e. The Hall–Kier alpha value is -1.91. The molecule has 2 N–H and O–H groups in total. The van der Waals surface area contributed by atoms with Crippen LogP contribution >= 0.6 is 16.1 Å². The number of nitrogens with zero attached hydrogens (tertiary/aromatic N) is 2. The third kappa shape index (κ3) is 1.89. The van der Waals surface area contributed by atoms with Crippen molar-refractivity contribution < 1.29 is 28.6 Å². The van der Waals surface area contributed by atoms with Crippen molar-refractivity contribution in [2.45, 2.75) is 24.7 Å². The van der Waals surface area contributed by atoms with Crippen molar-refractivity contribution >= 4 is 33.8 Å². The summed E-state index contributed by atoms with van der Waals surface area (Å²) in [6.45, 7) is 1.92. The molecule has 26 heavy (non-hydrogen) atoms. The van der Waals surface area contributed by atoms with E-state index in [0.29, 0.717) is 12.2 Å². The first-order valence-electron chi connectivity index (χ1n) is 8.08. The molecule has 0 aromatic carbocycles. The van der Waals surface area contributed by atoms with Crippen molar-refractivity contribution in [2.24, 2.45) is 11.7 Å². The number of methoxy groups -OCH3 is 2. The minimum Gasteiger partial charge on any atom is -0.492 e.